The topological polar surface area (TPSA) is 71.1 Å². The average molecular weight is 335 g/mol. The van der Waals surface area contributed by atoms with Gasteiger partial charge in [-0.3, -0.25) is 9.69 Å². The van der Waals surface area contributed by atoms with Crippen molar-refractivity contribution >= 4 is 17.6 Å². The van der Waals surface area contributed by atoms with Crippen molar-refractivity contribution in [3.63, 3.8) is 0 Å². The Hall–Kier alpha value is -2.12. The van der Waals surface area contributed by atoms with Crippen molar-refractivity contribution < 1.29 is 19.1 Å². The zero-order valence-corrected chi connectivity index (χ0v) is 14.2. The molecule has 7 heteroatoms. The van der Waals surface area contributed by atoms with E-state index in [-0.39, 0.29) is 25.0 Å². The average Bonchev–Trinajstić information content (AvgIpc) is 2.94. The lowest BCUT2D eigenvalue weighted by atomic mass is 10.3. The summed E-state index contributed by atoms with van der Waals surface area (Å²) in [4.78, 5) is 27.7. The van der Waals surface area contributed by atoms with E-state index in [9.17, 15) is 9.59 Å². The molecular formula is C17H25N3O4. The van der Waals surface area contributed by atoms with Crippen LogP contribution in [0.25, 0.3) is 0 Å². The highest BCUT2D eigenvalue weighted by atomic mass is 16.7. The normalized spacial score (nSPS) is 14.5. The number of anilines is 1. The Kier molecular flexibility index (Phi) is 7.02. The minimum absolute atomic E-state index is 0.0349. The zero-order chi connectivity index (χ0) is 17.4. The number of benzene rings is 1. The Morgan fingerprint density at radius 2 is 1.83 bits per heavy atom. The van der Waals surface area contributed by atoms with Crippen LogP contribution in [0.15, 0.2) is 30.3 Å². The van der Waals surface area contributed by atoms with Crippen molar-refractivity contribution in [2.75, 3.05) is 44.3 Å². The van der Waals surface area contributed by atoms with Crippen molar-refractivity contribution in [1.82, 2.24) is 10.2 Å². The van der Waals surface area contributed by atoms with Gasteiger partial charge in [0.05, 0.1) is 6.54 Å². The van der Waals surface area contributed by atoms with Crippen LogP contribution in [0.2, 0.25) is 0 Å². The van der Waals surface area contributed by atoms with E-state index in [2.05, 4.69) is 5.32 Å². The molecule has 0 aliphatic carbocycles. The van der Waals surface area contributed by atoms with E-state index >= 15 is 0 Å². The summed E-state index contributed by atoms with van der Waals surface area (Å²) in [5.74, 6) is -0.220. The Balaban J connectivity index is 1.81. The van der Waals surface area contributed by atoms with Crippen molar-refractivity contribution in [1.29, 1.82) is 0 Å². The molecule has 132 valence electrons. The Morgan fingerprint density at radius 3 is 2.46 bits per heavy atom. The molecule has 3 amide bonds. The van der Waals surface area contributed by atoms with E-state index in [1.165, 1.54) is 0 Å². The largest absolute Gasteiger partial charge is 0.351 e. The molecular weight excluding hydrogens is 310 g/mol. The third kappa shape index (κ3) is 4.94. The third-order valence-electron chi connectivity index (χ3n) is 3.67. The molecule has 1 fully saturated rings. The van der Waals surface area contributed by atoms with Gasteiger partial charge in [0.1, 0.15) is 6.54 Å². The third-order valence-corrected chi connectivity index (χ3v) is 3.67. The lowest BCUT2D eigenvalue weighted by Crippen LogP contribution is -2.43. The van der Waals surface area contributed by atoms with Crippen molar-refractivity contribution in [2.45, 2.75) is 20.1 Å². The standard InChI is InChI=1S/C17H25N3O4/c1-3-23-16(24-4-2)12-18-15(21)13-19-10-11-20(17(19)22)14-8-6-5-7-9-14/h5-9,16H,3-4,10-13H2,1-2H3,(H,18,21). The van der Waals surface area contributed by atoms with Crippen LogP contribution in [0, 0.1) is 0 Å². The smallest absolute Gasteiger partial charge is 0.325 e. The molecule has 7 nitrogen and oxygen atoms in total. The first-order valence-corrected chi connectivity index (χ1v) is 8.27. The molecule has 1 saturated heterocycles. The molecule has 1 aromatic carbocycles. The molecule has 1 aliphatic rings. The van der Waals surface area contributed by atoms with Gasteiger partial charge in [-0.1, -0.05) is 18.2 Å². The second-order valence-corrected chi connectivity index (χ2v) is 5.34. The Morgan fingerprint density at radius 1 is 1.17 bits per heavy atom. The summed E-state index contributed by atoms with van der Waals surface area (Å²) in [5, 5.41) is 2.75. The minimum atomic E-state index is -0.459. The molecule has 1 N–H and O–H groups in total. The van der Waals surface area contributed by atoms with Gasteiger partial charge < -0.3 is 19.7 Å². The number of amides is 3. The van der Waals surface area contributed by atoms with Gasteiger partial charge in [-0.25, -0.2) is 4.79 Å². The van der Waals surface area contributed by atoms with E-state index in [0.29, 0.717) is 26.3 Å². The highest BCUT2D eigenvalue weighted by Crippen LogP contribution is 2.19. The molecule has 0 aromatic heterocycles. The van der Waals surface area contributed by atoms with Gasteiger partial charge in [0.2, 0.25) is 5.91 Å². The molecule has 24 heavy (non-hydrogen) atoms. The summed E-state index contributed by atoms with van der Waals surface area (Å²) in [6.45, 7) is 6.18. The number of para-hydroxylation sites is 1. The monoisotopic (exact) mass is 335 g/mol. The SMILES string of the molecule is CCOC(CNC(=O)CN1CCN(c2ccccc2)C1=O)OCC. The molecule has 0 radical (unpaired) electrons. The predicted octanol–water partition coefficient (Wildman–Crippen LogP) is 1.44. The number of nitrogens with one attached hydrogen (secondary N) is 1. The van der Waals surface area contributed by atoms with Gasteiger partial charge in [0.15, 0.2) is 6.29 Å². The lowest BCUT2D eigenvalue weighted by Gasteiger charge is -2.20. The molecule has 0 atom stereocenters. The van der Waals surface area contributed by atoms with Crippen LogP contribution in [-0.4, -0.2) is 62.5 Å². The first-order valence-electron chi connectivity index (χ1n) is 8.27. The molecule has 0 unspecified atom stereocenters. The van der Waals surface area contributed by atoms with E-state index in [1.807, 2.05) is 44.2 Å². The zero-order valence-electron chi connectivity index (χ0n) is 14.2. The number of urea groups is 1. The van der Waals surface area contributed by atoms with E-state index in [4.69, 9.17) is 9.47 Å². The van der Waals surface area contributed by atoms with E-state index in [0.717, 1.165) is 5.69 Å². The van der Waals surface area contributed by atoms with Crippen LogP contribution < -0.4 is 10.2 Å². The fourth-order valence-electron chi connectivity index (χ4n) is 2.54. The molecule has 2 rings (SSSR count). The summed E-state index contributed by atoms with van der Waals surface area (Å²) in [6, 6.07) is 9.30. The summed E-state index contributed by atoms with van der Waals surface area (Å²) in [6.07, 6.45) is -0.459. The fraction of sp³-hybridized carbons (Fsp3) is 0.529. The van der Waals surface area contributed by atoms with Crippen LogP contribution in [-0.2, 0) is 14.3 Å². The quantitative estimate of drug-likeness (QED) is 0.693. The highest BCUT2D eigenvalue weighted by molar-refractivity contribution is 5.96. The maximum absolute atomic E-state index is 12.4. The van der Waals surface area contributed by atoms with Crippen LogP contribution >= 0.6 is 0 Å². The summed E-state index contributed by atoms with van der Waals surface area (Å²) in [7, 11) is 0. The molecule has 1 aromatic rings. The highest BCUT2D eigenvalue weighted by Gasteiger charge is 2.30. The molecule has 1 heterocycles. The van der Waals surface area contributed by atoms with E-state index < -0.39 is 6.29 Å². The molecule has 0 spiro atoms. The van der Waals surface area contributed by atoms with Gasteiger partial charge in [0.25, 0.3) is 0 Å². The van der Waals surface area contributed by atoms with Crippen LogP contribution in [0.4, 0.5) is 10.5 Å². The number of ether oxygens (including phenoxy) is 2. The Labute approximate surface area is 142 Å². The fourth-order valence-corrected chi connectivity index (χ4v) is 2.54. The second-order valence-electron chi connectivity index (χ2n) is 5.34. The lowest BCUT2D eigenvalue weighted by molar-refractivity contribution is -0.140. The van der Waals surface area contributed by atoms with Crippen molar-refractivity contribution in [2.24, 2.45) is 0 Å². The summed E-state index contributed by atoms with van der Waals surface area (Å²) < 4.78 is 10.7. The summed E-state index contributed by atoms with van der Waals surface area (Å²) in [5.41, 5.74) is 0.846. The van der Waals surface area contributed by atoms with Crippen molar-refractivity contribution in [3.8, 4) is 0 Å². The number of carbonyl (C=O) groups excluding carboxylic acids is 2. The van der Waals surface area contributed by atoms with Gasteiger partial charge in [0, 0.05) is 32.0 Å². The van der Waals surface area contributed by atoms with Gasteiger partial charge in [-0.2, -0.15) is 0 Å². The molecule has 0 saturated carbocycles. The van der Waals surface area contributed by atoms with Gasteiger partial charge in [-0.15, -0.1) is 0 Å². The van der Waals surface area contributed by atoms with E-state index in [1.54, 1.807) is 9.80 Å². The first kappa shape index (κ1) is 18.2. The van der Waals surface area contributed by atoms with Crippen molar-refractivity contribution in [3.05, 3.63) is 30.3 Å². The van der Waals surface area contributed by atoms with Crippen LogP contribution in [0.5, 0.6) is 0 Å². The van der Waals surface area contributed by atoms with Gasteiger partial charge >= 0.3 is 6.03 Å². The molecule has 1 aliphatic heterocycles. The second kappa shape index (κ2) is 9.24. The Bertz CT molecular complexity index is 532. The molecule has 0 bridgehead atoms. The maximum Gasteiger partial charge on any atom is 0.325 e. The minimum Gasteiger partial charge on any atom is -0.351 e. The number of rotatable bonds is 9. The first-order chi connectivity index (χ1) is 11.7. The van der Waals surface area contributed by atoms with Crippen LogP contribution in [0.1, 0.15) is 13.8 Å². The maximum atomic E-state index is 12.4. The summed E-state index contributed by atoms with van der Waals surface area (Å²) >= 11 is 0. The number of nitrogens with zero attached hydrogens (tertiary/aromatic N) is 2. The van der Waals surface area contributed by atoms with Gasteiger partial charge in [-0.05, 0) is 26.0 Å². The van der Waals surface area contributed by atoms with Crippen LogP contribution in [0.3, 0.4) is 0 Å². The number of hydrogen-bond acceptors (Lipinski definition) is 4. The predicted molar refractivity (Wildman–Crippen MR) is 90.8 cm³/mol. The number of hydrogen-bond donors (Lipinski definition) is 1. The number of carbonyl (C=O) groups is 2.